The molecule has 0 spiro atoms. The zero-order valence-corrected chi connectivity index (χ0v) is 11.5. The Morgan fingerprint density at radius 2 is 1.89 bits per heavy atom. The van der Waals surface area contributed by atoms with E-state index in [1.807, 2.05) is 12.1 Å². The number of carbonyl (C=O) groups excluding carboxylic acids is 1. The van der Waals surface area contributed by atoms with E-state index in [2.05, 4.69) is 15.8 Å². The van der Waals surface area contributed by atoms with Crippen LogP contribution in [0.2, 0.25) is 5.02 Å². The van der Waals surface area contributed by atoms with E-state index in [-0.39, 0.29) is 6.03 Å². The molecule has 1 aromatic rings. The summed E-state index contributed by atoms with van der Waals surface area (Å²) in [7, 11) is 0. The number of hydrogen-bond acceptors (Lipinski definition) is 2. The van der Waals surface area contributed by atoms with Gasteiger partial charge < -0.3 is 5.32 Å². The molecule has 5 heteroatoms. The minimum Gasteiger partial charge on any atom is -0.334 e. The Balaban J connectivity index is 1.74. The number of halogens is 1. The molecule has 0 heterocycles. The van der Waals surface area contributed by atoms with Crippen molar-refractivity contribution in [2.75, 3.05) is 0 Å². The van der Waals surface area contributed by atoms with Crippen molar-refractivity contribution in [1.82, 2.24) is 10.7 Å². The standard InChI is InChI=1S/C14H18ClN3O/c15-12-8-6-11(7-9-12)10-16-18-14(19)17-13-4-2-1-3-5-13/h6-10,13H,1-5H2,(H2,17,18,19)/b16-10+. The highest BCUT2D eigenvalue weighted by Gasteiger charge is 2.14. The van der Waals surface area contributed by atoms with Gasteiger partial charge >= 0.3 is 6.03 Å². The first-order valence-corrected chi connectivity index (χ1v) is 6.97. The highest BCUT2D eigenvalue weighted by molar-refractivity contribution is 6.30. The van der Waals surface area contributed by atoms with Crippen LogP contribution in [0, 0.1) is 0 Å². The van der Waals surface area contributed by atoms with Gasteiger partial charge in [-0.05, 0) is 30.5 Å². The van der Waals surface area contributed by atoms with Crippen LogP contribution < -0.4 is 10.7 Å². The molecule has 0 unspecified atom stereocenters. The molecule has 0 atom stereocenters. The van der Waals surface area contributed by atoms with Crippen molar-refractivity contribution in [3.63, 3.8) is 0 Å². The van der Waals surface area contributed by atoms with Gasteiger partial charge in [0.1, 0.15) is 0 Å². The van der Waals surface area contributed by atoms with Crippen molar-refractivity contribution in [3.8, 4) is 0 Å². The first-order chi connectivity index (χ1) is 9.24. The number of hydrogen-bond donors (Lipinski definition) is 2. The number of carbonyl (C=O) groups is 1. The summed E-state index contributed by atoms with van der Waals surface area (Å²) in [5.41, 5.74) is 3.37. The zero-order chi connectivity index (χ0) is 13.5. The fraction of sp³-hybridized carbons (Fsp3) is 0.429. The maximum Gasteiger partial charge on any atom is 0.335 e. The molecule has 19 heavy (non-hydrogen) atoms. The molecule has 1 aliphatic rings. The van der Waals surface area contributed by atoms with E-state index in [9.17, 15) is 4.79 Å². The third kappa shape index (κ3) is 4.91. The summed E-state index contributed by atoms with van der Waals surface area (Å²) in [5, 5.41) is 7.52. The fourth-order valence-corrected chi connectivity index (χ4v) is 2.30. The lowest BCUT2D eigenvalue weighted by atomic mass is 9.96. The number of hydrazone groups is 1. The molecule has 0 saturated heterocycles. The first kappa shape index (κ1) is 13.9. The van der Waals surface area contributed by atoms with Crippen LogP contribution in [0.3, 0.4) is 0 Å². The third-order valence-corrected chi connectivity index (χ3v) is 3.44. The average Bonchev–Trinajstić information content (AvgIpc) is 2.42. The molecule has 102 valence electrons. The molecule has 4 nitrogen and oxygen atoms in total. The minimum absolute atomic E-state index is 0.239. The molecule has 1 aromatic carbocycles. The number of nitrogens with zero attached hydrogens (tertiary/aromatic N) is 1. The molecule has 1 fully saturated rings. The van der Waals surface area contributed by atoms with E-state index in [1.165, 1.54) is 19.3 Å². The molecule has 1 saturated carbocycles. The van der Waals surface area contributed by atoms with Crippen molar-refractivity contribution in [1.29, 1.82) is 0 Å². The van der Waals surface area contributed by atoms with Gasteiger partial charge in [0.25, 0.3) is 0 Å². The number of urea groups is 1. The highest BCUT2D eigenvalue weighted by atomic mass is 35.5. The summed E-state index contributed by atoms with van der Waals surface area (Å²) >= 11 is 5.78. The number of amides is 2. The lowest BCUT2D eigenvalue weighted by Gasteiger charge is -2.22. The maximum atomic E-state index is 11.6. The molecule has 2 rings (SSSR count). The van der Waals surface area contributed by atoms with Crippen molar-refractivity contribution < 1.29 is 4.79 Å². The second-order valence-electron chi connectivity index (χ2n) is 4.73. The Hall–Kier alpha value is -1.55. The summed E-state index contributed by atoms with van der Waals surface area (Å²) in [4.78, 5) is 11.6. The van der Waals surface area contributed by atoms with E-state index >= 15 is 0 Å². The van der Waals surface area contributed by atoms with Crippen LogP contribution in [0.5, 0.6) is 0 Å². The van der Waals surface area contributed by atoms with Crippen LogP contribution in [-0.4, -0.2) is 18.3 Å². The Bertz CT molecular complexity index is 439. The van der Waals surface area contributed by atoms with Crippen molar-refractivity contribution >= 4 is 23.8 Å². The van der Waals surface area contributed by atoms with E-state index in [0.717, 1.165) is 18.4 Å². The molecule has 1 aliphatic carbocycles. The molecular weight excluding hydrogens is 262 g/mol. The zero-order valence-electron chi connectivity index (χ0n) is 10.7. The molecule has 0 bridgehead atoms. The summed E-state index contributed by atoms with van der Waals surface area (Å²) in [6.07, 6.45) is 7.38. The molecule has 2 amide bonds. The molecular formula is C14H18ClN3O. The summed E-state index contributed by atoms with van der Waals surface area (Å²) in [6, 6.07) is 7.30. The predicted octanol–water partition coefficient (Wildman–Crippen LogP) is 3.31. The summed E-state index contributed by atoms with van der Waals surface area (Å²) in [5.74, 6) is 0. The lowest BCUT2D eigenvalue weighted by molar-refractivity contribution is 0.233. The van der Waals surface area contributed by atoms with Gasteiger partial charge in [0.05, 0.1) is 6.21 Å². The fourth-order valence-electron chi connectivity index (χ4n) is 2.18. The van der Waals surface area contributed by atoms with Gasteiger partial charge in [-0.1, -0.05) is 43.0 Å². The topological polar surface area (TPSA) is 53.5 Å². The monoisotopic (exact) mass is 279 g/mol. The smallest absolute Gasteiger partial charge is 0.334 e. The van der Waals surface area contributed by atoms with Crippen LogP contribution in [0.1, 0.15) is 37.7 Å². The van der Waals surface area contributed by atoms with Crippen LogP contribution in [0.4, 0.5) is 4.79 Å². The Morgan fingerprint density at radius 1 is 1.21 bits per heavy atom. The molecule has 2 N–H and O–H groups in total. The van der Waals surface area contributed by atoms with Crippen molar-refractivity contribution in [3.05, 3.63) is 34.9 Å². The quantitative estimate of drug-likeness (QED) is 0.647. The Kier molecular flexibility index (Phi) is 5.21. The van der Waals surface area contributed by atoms with Gasteiger partial charge in [-0.2, -0.15) is 5.10 Å². The third-order valence-electron chi connectivity index (χ3n) is 3.19. The largest absolute Gasteiger partial charge is 0.335 e. The lowest BCUT2D eigenvalue weighted by Crippen LogP contribution is -2.41. The second kappa shape index (κ2) is 7.14. The van der Waals surface area contributed by atoms with Gasteiger partial charge in [0, 0.05) is 11.1 Å². The van der Waals surface area contributed by atoms with E-state index in [0.29, 0.717) is 11.1 Å². The normalized spacial score (nSPS) is 16.5. The predicted molar refractivity (Wildman–Crippen MR) is 77.6 cm³/mol. The van der Waals surface area contributed by atoms with E-state index < -0.39 is 0 Å². The van der Waals surface area contributed by atoms with Gasteiger partial charge in [-0.15, -0.1) is 0 Å². The van der Waals surface area contributed by atoms with Crippen LogP contribution >= 0.6 is 11.6 Å². The molecule has 0 aromatic heterocycles. The van der Waals surface area contributed by atoms with Crippen LogP contribution in [-0.2, 0) is 0 Å². The van der Waals surface area contributed by atoms with E-state index in [4.69, 9.17) is 11.6 Å². The Labute approximate surface area is 118 Å². The second-order valence-corrected chi connectivity index (χ2v) is 5.17. The van der Waals surface area contributed by atoms with Crippen molar-refractivity contribution in [2.24, 2.45) is 5.10 Å². The highest BCUT2D eigenvalue weighted by Crippen LogP contribution is 2.17. The summed E-state index contributed by atoms with van der Waals surface area (Å²) < 4.78 is 0. The summed E-state index contributed by atoms with van der Waals surface area (Å²) in [6.45, 7) is 0. The van der Waals surface area contributed by atoms with Gasteiger partial charge in [-0.25, -0.2) is 10.2 Å². The van der Waals surface area contributed by atoms with Crippen LogP contribution in [0.25, 0.3) is 0 Å². The number of benzene rings is 1. The Morgan fingerprint density at radius 3 is 2.58 bits per heavy atom. The first-order valence-electron chi connectivity index (χ1n) is 6.59. The van der Waals surface area contributed by atoms with E-state index in [1.54, 1.807) is 18.3 Å². The van der Waals surface area contributed by atoms with Crippen LogP contribution in [0.15, 0.2) is 29.4 Å². The SMILES string of the molecule is O=C(N/N=C/c1ccc(Cl)cc1)NC1CCCCC1. The number of nitrogens with one attached hydrogen (secondary N) is 2. The van der Waals surface area contributed by atoms with Crippen molar-refractivity contribution in [2.45, 2.75) is 38.1 Å². The maximum absolute atomic E-state index is 11.6. The number of rotatable bonds is 3. The van der Waals surface area contributed by atoms with Gasteiger partial charge in [-0.3, -0.25) is 0 Å². The average molecular weight is 280 g/mol. The molecule has 0 radical (unpaired) electrons. The minimum atomic E-state index is -0.239. The van der Waals surface area contributed by atoms with Gasteiger partial charge in [0.15, 0.2) is 0 Å². The molecule has 0 aliphatic heterocycles. The van der Waals surface area contributed by atoms with Gasteiger partial charge in [0.2, 0.25) is 0 Å².